The van der Waals surface area contributed by atoms with Crippen molar-refractivity contribution < 1.29 is 23.0 Å². The molecule has 3 N–H and O–H groups in total. The highest BCUT2D eigenvalue weighted by Gasteiger charge is 2.43. The van der Waals surface area contributed by atoms with E-state index in [-0.39, 0.29) is 46.0 Å². The van der Waals surface area contributed by atoms with Crippen LogP contribution in [0.1, 0.15) is 27.8 Å². The number of rotatable bonds is 10. The van der Waals surface area contributed by atoms with E-state index in [2.05, 4.69) is 5.32 Å². The Morgan fingerprint density at radius 1 is 0.838 bits per heavy atom. The van der Waals surface area contributed by atoms with E-state index in [1.54, 1.807) is 42.5 Å². The highest BCUT2D eigenvalue weighted by Crippen LogP contribution is 2.53. The topological polar surface area (TPSA) is 73.6 Å². The van der Waals surface area contributed by atoms with Gasteiger partial charge in [-0.2, -0.15) is 8.78 Å². The molecule has 0 aliphatic heterocycles. The third-order valence-electron chi connectivity index (χ3n) is 6.18. The Kier molecular flexibility index (Phi) is 7.84. The second-order valence-electron chi connectivity index (χ2n) is 8.39. The summed E-state index contributed by atoms with van der Waals surface area (Å²) < 4.78 is 43.9. The molecule has 0 aromatic heterocycles. The van der Waals surface area contributed by atoms with Crippen LogP contribution in [-0.4, -0.2) is 20.5 Å². The SMILES string of the molecule is COc1c([C]=O)c(CNCc2ccccc2)c(-c2ccccc2N)c(C(F)(F)c2ccccc2)c1OC. The van der Waals surface area contributed by atoms with Crippen molar-refractivity contribution in [3.8, 4) is 22.6 Å². The molecule has 0 aliphatic rings. The Morgan fingerprint density at radius 2 is 1.43 bits per heavy atom. The Morgan fingerprint density at radius 3 is 2.03 bits per heavy atom. The van der Waals surface area contributed by atoms with Crippen molar-refractivity contribution in [1.29, 1.82) is 0 Å². The first-order valence-corrected chi connectivity index (χ1v) is 11.7. The summed E-state index contributed by atoms with van der Waals surface area (Å²) in [7, 11) is 2.57. The number of carbonyl (C=O) groups excluding carboxylic acids is 1. The number of methoxy groups -OCH3 is 2. The molecule has 0 atom stereocenters. The van der Waals surface area contributed by atoms with E-state index in [0.717, 1.165) is 5.56 Å². The van der Waals surface area contributed by atoms with E-state index in [0.29, 0.717) is 12.1 Å². The summed E-state index contributed by atoms with van der Waals surface area (Å²) in [6, 6.07) is 23.7. The molecule has 1 radical (unpaired) electrons. The Balaban J connectivity index is 2.03. The molecule has 7 heteroatoms. The number of nitrogen functional groups attached to an aromatic ring is 1. The van der Waals surface area contributed by atoms with Crippen LogP contribution in [0.3, 0.4) is 0 Å². The van der Waals surface area contributed by atoms with Crippen molar-refractivity contribution in [1.82, 2.24) is 5.32 Å². The van der Waals surface area contributed by atoms with Gasteiger partial charge in [-0.3, -0.25) is 4.79 Å². The fourth-order valence-corrected chi connectivity index (χ4v) is 4.47. The second kappa shape index (κ2) is 11.2. The van der Waals surface area contributed by atoms with Gasteiger partial charge < -0.3 is 20.5 Å². The van der Waals surface area contributed by atoms with Crippen molar-refractivity contribution in [2.45, 2.75) is 19.0 Å². The minimum absolute atomic E-state index is 0.00854. The minimum Gasteiger partial charge on any atom is -0.492 e. The molecule has 0 fully saturated rings. The van der Waals surface area contributed by atoms with Crippen LogP contribution in [-0.2, 0) is 23.8 Å². The Bertz CT molecular complexity index is 1380. The van der Waals surface area contributed by atoms with Crippen LogP contribution in [0.25, 0.3) is 11.1 Å². The summed E-state index contributed by atoms with van der Waals surface area (Å²) in [5, 5.41) is 3.27. The molecule has 0 unspecified atom stereocenters. The van der Waals surface area contributed by atoms with Crippen molar-refractivity contribution in [3.63, 3.8) is 0 Å². The number of nitrogens with two attached hydrogens (primary N) is 1. The monoisotopic (exact) mass is 501 g/mol. The van der Waals surface area contributed by atoms with Gasteiger partial charge in [0.1, 0.15) is 0 Å². The number of benzene rings is 4. The number of hydrogen-bond donors (Lipinski definition) is 2. The van der Waals surface area contributed by atoms with Gasteiger partial charge in [-0.1, -0.05) is 78.9 Å². The average Bonchev–Trinajstić information content (AvgIpc) is 2.93. The number of para-hydroxylation sites is 1. The van der Waals surface area contributed by atoms with E-state index in [4.69, 9.17) is 15.2 Å². The van der Waals surface area contributed by atoms with Gasteiger partial charge >= 0.3 is 5.92 Å². The highest BCUT2D eigenvalue weighted by molar-refractivity contribution is 5.94. The molecule has 0 heterocycles. The second-order valence-corrected chi connectivity index (χ2v) is 8.39. The highest BCUT2D eigenvalue weighted by atomic mass is 19.3. The number of halogens is 2. The van der Waals surface area contributed by atoms with Crippen LogP contribution in [0.4, 0.5) is 14.5 Å². The van der Waals surface area contributed by atoms with E-state index in [1.165, 1.54) is 26.4 Å². The maximum Gasteiger partial charge on any atom is 0.302 e. The number of alkyl halides is 2. The number of ether oxygens (including phenoxy) is 2. The molecule has 4 aromatic rings. The maximum atomic E-state index is 16.4. The predicted octanol–water partition coefficient (Wildman–Crippen LogP) is 5.84. The molecule has 0 spiro atoms. The van der Waals surface area contributed by atoms with Crippen molar-refractivity contribution in [2.75, 3.05) is 20.0 Å². The molecule has 0 saturated heterocycles. The van der Waals surface area contributed by atoms with E-state index in [9.17, 15) is 4.79 Å². The zero-order chi connectivity index (χ0) is 26.4. The molecule has 0 bridgehead atoms. The molecule has 0 saturated carbocycles. The molecular weight excluding hydrogens is 474 g/mol. The third kappa shape index (κ3) is 5.04. The molecule has 5 nitrogen and oxygen atoms in total. The zero-order valence-corrected chi connectivity index (χ0v) is 20.6. The maximum absolute atomic E-state index is 16.4. The fourth-order valence-electron chi connectivity index (χ4n) is 4.47. The fraction of sp³-hybridized carbons (Fsp3) is 0.167. The van der Waals surface area contributed by atoms with Crippen LogP contribution in [0.5, 0.6) is 11.5 Å². The lowest BCUT2D eigenvalue weighted by molar-refractivity contribution is 0.0403. The largest absolute Gasteiger partial charge is 0.492 e. The van der Waals surface area contributed by atoms with Crippen LogP contribution in [0.2, 0.25) is 0 Å². The zero-order valence-electron chi connectivity index (χ0n) is 20.6. The molecule has 37 heavy (non-hydrogen) atoms. The summed E-state index contributed by atoms with van der Waals surface area (Å²) in [5.74, 6) is -3.88. The van der Waals surface area contributed by atoms with Crippen molar-refractivity contribution in [2.24, 2.45) is 0 Å². The molecule has 4 rings (SSSR count). The van der Waals surface area contributed by atoms with Crippen LogP contribution >= 0.6 is 0 Å². The van der Waals surface area contributed by atoms with E-state index in [1.807, 2.05) is 36.6 Å². The first-order chi connectivity index (χ1) is 17.9. The van der Waals surface area contributed by atoms with Gasteiger partial charge in [0.05, 0.1) is 25.3 Å². The Labute approximate surface area is 214 Å². The van der Waals surface area contributed by atoms with Crippen LogP contribution in [0, 0.1) is 0 Å². The van der Waals surface area contributed by atoms with Gasteiger partial charge in [0.2, 0.25) is 6.29 Å². The number of hydrogen-bond acceptors (Lipinski definition) is 5. The van der Waals surface area contributed by atoms with Gasteiger partial charge in [0.25, 0.3) is 0 Å². The summed E-state index contributed by atoms with van der Waals surface area (Å²) in [6.07, 6.45) is 1.91. The first-order valence-electron chi connectivity index (χ1n) is 11.7. The standard InChI is InChI=1S/C30H27F2N2O3/c1-36-28-24(19-35)23(18-34-17-20-11-5-3-6-12-20)26(22-15-9-10-16-25(22)33)27(29(28)37-2)30(31,32)21-13-7-4-8-14-21/h3-16,34H,17-18,33H2,1-2H3. The number of nitrogens with one attached hydrogen (secondary N) is 1. The predicted molar refractivity (Wildman–Crippen MR) is 141 cm³/mol. The summed E-state index contributed by atoms with van der Waals surface area (Å²) in [5.41, 5.74) is 7.63. The molecular formula is C30H27F2N2O3. The van der Waals surface area contributed by atoms with Gasteiger partial charge in [-0.25, -0.2) is 0 Å². The normalized spacial score (nSPS) is 11.2. The summed E-state index contributed by atoms with van der Waals surface area (Å²) in [4.78, 5) is 12.3. The quantitative estimate of drug-likeness (QED) is 0.267. The molecule has 0 amide bonds. The molecule has 0 aliphatic carbocycles. The molecule has 4 aromatic carbocycles. The van der Waals surface area contributed by atoms with Gasteiger partial charge in [0, 0.05) is 35.5 Å². The van der Waals surface area contributed by atoms with Gasteiger partial charge in [0.15, 0.2) is 11.5 Å². The van der Waals surface area contributed by atoms with Crippen molar-refractivity contribution >= 4 is 12.0 Å². The lowest BCUT2D eigenvalue weighted by Gasteiger charge is -2.28. The third-order valence-corrected chi connectivity index (χ3v) is 6.18. The van der Waals surface area contributed by atoms with Gasteiger partial charge in [-0.15, -0.1) is 0 Å². The molecule has 189 valence electrons. The minimum atomic E-state index is -3.52. The smallest absolute Gasteiger partial charge is 0.302 e. The van der Waals surface area contributed by atoms with Gasteiger partial charge in [-0.05, 0) is 17.2 Å². The number of anilines is 1. The first kappa shape index (κ1) is 25.9. The lowest BCUT2D eigenvalue weighted by Crippen LogP contribution is -2.23. The van der Waals surface area contributed by atoms with Crippen LogP contribution in [0.15, 0.2) is 84.9 Å². The average molecular weight is 502 g/mol. The van der Waals surface area contributed by atoms with Crippen molar-refractivity contribution in [3.05, 3.63) is 113 Å². The summed E-state index contributed by atoms with van der Waals surface area (Å²) >= 11 is 0. The Hall–Kier alpha value is -4.23. The summed E-state index contributed by atoms with van der Waals surface area (Å²) in [6.45, 7) is 0.517. The van der Waals surface area contributed by atoms with Crippen LogP contribution < -0.4 is 20.5 Å². The van der Waals surface area contributed by atoms with E-state index < -0.39 is 11.5 Å². The lowest BCUT2D eigenvalue weighted by atomic mass is 9.84. The van der Waals surface area contributed by atoms with E-state index >= 15 is 8.78 Å².